The van der Waals surface area contributed by atoms with Crippen molar-refractivity contribution in [3.8, 4) is 0 Å². The van der Waals surface area contributed by atoms with Crippen molar-refractivity contribution in [3.05, 3.63) is 0 Å². The van der Waals surface area contributed by atoms with E-state index in [9.17, 15) is 0 Å². The SMILES string of the molecule is CO[Si](C)(OC)O[SiH2]CCCS. The molecule has 0 saturated carbocycles. The Morgan fingerprint density at radius 1 is 1.33 bits per heavy atom. The van der Waals surface area contributed by atoms with Crippen LogP contribution in [0.4, 0.5) is 0 Å². The summed E-state index contributed by atoms with van der Waals surface area (Å²) in [5, 5.41) is 0. The molecular weight excluding hydrogens is 208 g/mol. The van der Waals surface area contributed by atoms with Crippen molar-refractivity contribution in [2.45, 2.75) is 19.0 Å². The Bertz CT molecular complexity index is 111. The molecule has 0 saturated heterocycles. The highest BCUT2D eigenvalue weighted by Gasteiger charge is 2.30. The quantitative estimate of drug-likeness (QED) is 0.393. The van der Waals surface area contributed by atoms with Crippen LogP contribution in [-0.2, 0) is 13.0 Å². The van der Waals surface area contributed by atoms with Gasteiger partial charge in [0.05, 0.1) is 0 Å². The van der Waals surface area contributed by atoms with E-state index < -0.39 is 18.6 Å². The zero-order chi connectivity index (χ0) is 9.45. The molecule has 3 nitrogen and oxygen atoms in total. The zero-order valence-electron chi connectivity index (χ0n) is 8.00. The Kier molecular flexibility index (Phi) is 7.50. The molecular formula is C6H18O3SSi2. The van der Waals surface area contributed by atoms with Crippen LogP contribution in [0, 0.1) is 0 Å². The van der Waals surface area contributed by atoms with Crippen LogP contribution in [0.25, 0.3) is 0 Å². The van der Waals surface area contributed by atoms with Crippen LogP contribution in [0.15, 0.2) is 0 Å². The summed E-state index contributed by atoms with van der Waals surface area (Å²) in [6.45, 7) is 1.92. The third kappa shape index (κ3) is 5.33. The van der Waals surface area contributed by atoms with Crippen LogP contribution in [0.1, 0.15) is 6.42 Å². The molecule has 6 heteroatoms. The summed E-state index contributed by atoms with van der Waals surface area (Å²) in [4.78, 5) is 0. The first kappa shape index (κ1) is 12.7. The summed E-state index contributed by atoms with van der Waals surface area (Å²) in [7, 11) is 0.610. The van der Waals surface area contributed by atoms with Gasteiger partial charge in [-0.25, -0.2) is 0 Å². The molecule has 74 valence electrons. The normalized spacial score (nSPS) is 13.0. The third-order valence-electron chi connectivity index (χ3n) is 1.66. The summed E-state index contributed by atoms with van der Waals surface area (Å²) < 4.78 is 16.0. The second-order valence-electron chi connectivity index (χ2n) is 2.55. The van der Waals surface area contributed by atoms with Gasteiger partial charge >= 0.3 is 8.80 Å². The zero-order valence-corrected chi connectivity index (χ0v) is 11.3. The number of hydrogen-bond acceptors (Lipinski definition) is 4. The third-order valence-corrected chi connectivity index (χ3v) is 7.16. The van der Waals surface area contributed by atoms with Crippen LogP contribution in [0.3, 0.4) is 0 Å². The topological polar surface area (TPSA) is 27.7 Å². The second kappa shape index (κ2) is 7.10. The minimum atomic E-state index is -2.21. The Morgan fingerprint density at radius 3 is 2.33 bits per heavy atom. The van der Waals surface area contributed by atoms with E-state index >= 15 is 0 Å². The summed E-state index contributed by atoms with van der Waals surface area (Å²) in [5.41, 5.74) is 0. The Labute approximate surface area is 83.5 Å². The maximum atomic E-state index is 5.63. The molecule has 0 aromatic rings. The van der Waals surface area contributed by atoms with Gasteiger partial charge in [-0.2, -0.15) is 12.6 Å². The maximum Gasteiger partial charge on any atom is 0.486 e. The van der Waals surface area contributed by atoms with Crippen LogP contribution >= 0.6 is 12.6 Å². The fourth-order valence-corrected chi connectivity index (χ4v) is 4.94. The van der Waals surface area contributed by atoms with Crippen LogP contribution in [-0.4, -0.2) is 38.5 Å². The monoisotopic (exact) mass is 226 g/mol. The Balaban J connectivity index is 3.45. The first-order chi connectivity index (χ1) is 5.68. The first-order valence-electron chi connectivity index (χ1n) is 4.03. The highest BCUT2D eigenvalue weighted by atomic mass is 32.1. The summed E-state index contributed by atoms with van der Waals surface area (Å²) in [6, 6.07) is 1.15. The van der Waals surface area contributed by atoms with Gasteiger partial charge in [0.15, 0.2) is 9.76 Å². The van der Waals surface area contributed by atoms with Crippen LogP contribution in [0.5, 0.6) is 0 Å². The fourth-order valence-electron chi connectivity index (χ4n) is 0.673. The largest absolute Gasteiger partial charge is 0.486 e. The van der Waals surface area contributed by atoms with Crippen molar-refractivity contribution >= 4 is 31.2 Å². The lowest BCUT2D eigenvalue weighted by Gasteiger charge is -2.22. The van der Waals surface area contributed by atoms with Crippen LogP contribution in [0.2, 0.25) is 12.6 Å². The van der Waals surface area contributed by atoms with E-state index in [4.69, 9.17) is 13.0 Å². The van der Waals surface area contributed by atoms with Gasteiger partial charge in [0.2, 0.25) is 0 Å². The van der Waals surface area contributed by atoms with Crippen molar-refractivity contribution in [2.24, 2.45) is 0 Å². The molecule has 0 rings (SSSR count). The van der Waals surface area contributed by atoms with Gasteiger partial charge in [0, 0.05) is 20.8 Å². The molecule has 0 spiro atoms. The Morgan fingerprint density at radius 2 is 1.92 bits per heavy atom. The van der Waals surface area contributed by atoms with Crippen molar-refractivity contribution in [1.29, 1.82) is 0 Å². The van der Waals surface area contributed by atoms with Crippen molar-refractivity contribution in [1.82, 2.24) is 0 Å². The molecule has 12 heavy (non-hydrogen) atoms. The van der Waals surface area contributed by atoms with E-state index in [1.54, 1.807) is 14.2 Å². The van der Waals surface area contributed by atoms with Gasteiger partial charge in [0.25, 0.3) is 0 Å². The van der Waals surface area contributed by atoms with Gasteiger partial charge < -0.3 is 13.0 Å². The molecule has 0 bridgehead atoms. The molecule has 0 atom stereocenters. The number of rotatable bonds is 7. The average Bonchev–Trinajstić information content (AvgIpc) is 2.12. The molecule has 0 unspecified atom stereocenters. The van der Waals surface area contributed by atoms with Crippen molar-refractivity contribution < 1.29 is 13.0 Å². The highest BCUT2D eigenvalue weighted by molar-refractivity contribution is 7.80. The van der Waals surface area contributed by atoms with Crippen molar-refractivity contribution in [3.63, 3.8) is 0 Å². The first-order valence-corrected chi connectivity index (χ1v) is 8.47. The van der Waals surface area contributed by atoms with Gasteiger partial charge in [-0.05, 0) is 18.2 Å². The van der Waals surface area contributed by atoms with Crippen molar-refractivity contribution in [2.75, 3.05) is 20.0 Å². The van der Waals surface area contributed by atoms with E-state index in [0.717, 1.165) is 18.2 Å². The fraction of sp³-hybridized carbons (Fsp3) is 1.00. The van der Waals surface area contributed by atoms with Crippen LogP contribution < -0.4 is 0 Å². The molecule has 0 aliphatic rings. The smallest absolute Gasteiger partial charge is 0.421 e. The van der Waals surface area contributed by atoms with Gasteiger partial charge in [-0.3, -0.25) is 0 Å². The molecule has 0 N–H and O–H groups in total. The highest BCUT2D eigenvalue weighted by Crippen LogP contribution is 2.06. The van der Waals surface area contributed by atoms with Gasteiger partial charge in [0.1, 0.15) is 0 Å². The minimum Gasteiger partial charge on any atom is -0.421 e. The van der Waals surface area contributed by atoms with E-state index in [2.05, 4.69) is 12.6 Å². The van der Waals surface area contributed by atoms with E-state index in [1.165, 1.54) is 0 Å². The van der Waals surface area contributed by atoms with E-state index in [-0.39, 0.29) is 0 Å². The molecule has 0 amide bonds. The average molecular weight is 226 g/mol. The lowest BCUT2D eigenvalue weighted by atomic mass is 10.6. The minimum absolute atomic E-state index is 0.463. The number of hydrogen-bond donors (Lipinski definition) is 1. The molecule has 0 heterocycles. The Hall–Kier alpha value is 0.664. The predicted octanol–water partition coefficient (Wildman–Crippen LogP) is 0.686. The van der Waals surface area contributed by atoms with Gasteiger partial charge in [-0.15, -0.1) is 0 Å². The lowest BCUT2D eigenvalue weighted by Crippen LogP contribution is -2.41. The molecule has 0 aliphatic heterocycles. The molecule has 0 fully saturated rings. The second-order valence-corrected chi connectivity index (χ2v) is 7.81. The predicted molar refractivity (Wildman–Crippen MR) is 58.5 cm³/mol. The number of thiol groups is 1. The molecule has 0 aliphatic carbocycles. The molecule has 0 aromatic heterocycles. The standard InChI is InChI=1S/C6H18O3SSi2/c1-7-12(3,8-2)9-11-6-4-5-10/h10H,4-6,11H2,1-3H3. The van der Waals surface area contributed by atoms with E-state index in [0.29, 0.717) is 0 Å². The summed E-state index contributed by atoms with van der Waals surface area (Å²) in [5.74, 6) is 0.939. The molecule has 0 radical (unpaired) electrons. The van der Waals surface area contributed by atoms with Gasteiger partial charge in [-0.1, -0.05) is 0 Å². The molecule has 0 aromatic carbocycles. The van der Waals surface area contributed by atoms with E-state index in [1.807, 2.05) is 6.55 Å². The summed E-state index contributed by atoms with van der Waals surface area (Å²) >= 11 is 4.13. The summed E-state index contributed by atoms with van der Waals surface area (Å²) in [6.07, 6.45) is 1.13. The lowest BCUT2D eigenvalue weighted by molar-refractivity contribution is 0.172. The maximum absolute atomic E-state index is 5.63.